The van der Waals surface area contributed by atoms with Crippen LogP contribution in [0.1, 0.15) is 16.9 Å². The number of hydrogen-bond donors (Lipinski definition) is 1. The molecule has 0 aliphatic rings. The molecule has 2 N–H and O–H groups in total. The molecule has 19 heavy (non-hydrogen) atoms. The normalized spacial score (nSPS) is 11.1. The van der Waals surface area contributed by atoms with Crippen LogP contribution in [0.4, 0.5) is 0 Å². The third-order valence-corrected chi connectivity index (χ3v) is 3.66. The highest BCUT2D eigenvalue weighted by Crippen LogP contribution is 2.30. The molecule has 1 heterocycles. The third kappa shape index (κ3) is 3.15. The molecule has 2 aromatic rings. The molecule has 0 radical (unpaired) electrons. The van der Waals surface area contributed by atoms with E-state index in [1.807, 2.05) is 26.0 Å². The predicted molar refractivity (Wildman–Crippen MR) is 79.5 cm³/mol. The molecule has 1 aromatic carbocycles. The highest BCUT2D eigenvalue weighted by Gasteiger charge is 2.08. The largest absolute Gasteiger partial charge is 0.457 e. The third-order valence-electron chi connectivity index (χ3n) is 2.81. The second-order valence-corrected chi connectivity index (χ2v) is 5.21. The lowest BCUT2D eigenvalue weighted by atomic mass is 10.0. The van der Waals surface area contributed by atoms with Crippen molar-refractivity contribution >= 4 is 27.9 Å². The Morgan fingerprint density at radius 1 is 1.26 bits per heavy atom. The number of amides is 1. The lowest BCUT2D eigenvalue weighted by Gasteiger charge is -2.06. The smallest absolute Gasteiger partial charge is 0.241 e. The fourth-order valence-corrected chi connectivity index (χ4v) is 2.26. The van der Waals surface area contributed by atoms with Gasteiger partial charge in [0, 0.05) is 16.1 Å². The van der Waals surface area contributed by atoms with Crippen molar-refractivity contribution in [1.82, 2.24) is 0 Å². The highest BCUT2D eigenvalue weighted by molar-refractivity contribution is 9.10. The first-order valence-corrected chi connectivity index (χ1v) is 6.61. The molecule has 0 atom stereocenters. The number of aryl methyl sites for hydroxylation is 2. The zero-order valence-corrected chi connectivity index (χ0v) is 12.3. The van der Waals surface area contributed by atoms with Gasteiger partial charge >= 0.3 is 0 Å². The van der Waals surface area contributed by atoms with E-state index in [9.17, 15) is 4.79 Å². The summed E-state index contributed by atoms with van der Waals surface area (Å²) in [6, 6.07) is 7.83. The molecular weight excluding hydrogens is 306 g/mol. The standard InChI is InChI=1S/C15H14BrNO2/c1-9-8-13(16)10(2)7-12(9)14-5-3-11(19-14)4-6-15(17)18/h3-8H,1-2H3,(H2,17,18)/b6-4-. The number of hydrogen-bond acceptors (Lipinski definition) is 2. The molecule has 1 aromatic heterocycles. The van der Waals surface area contributed by atoms with E-state index in [4.69, 9.17) is 10.2 Å². The fraction of sp³-hybridized carbons (Fsp3) is 0.133. The summed E-state index contributed by atoms with van der Waals surface area (Å²) in [6.07, 6.45) is 2.84. The van der Waals surface area contributed by atoms with Gasteiger partial charge in [-0.15, -0.1) is 0 Å². The Morgan fingerprint density at radius 2 is 2.00 bits per heavy atom. The van der Waals surface area contributed by atoms with Crippen LogP contribution in [0.15, 0.2) is 39.2 Å². The molecule has 4 heteroatoms. The summed E-state index contributed by atoms with van der Waals surface area (Å²) in [5.41, 5.74) is 8.35. The van der Waals surface area contributed by atoms with E-state index in [-0.39, 0.29) is 0 Å². The van der Waals surface area contributed by atoms with E-state index in [1.165, 1.54) is 6.08 Å². The molecule has 0 unspecified atom stereocenters. The first kappa shape index (κ1) is 13.6. The van der Waals surface area contributed by atoms with Crippen molar-refractivity contribution in [2.24, 2.45) is 5.73 Å². The van der Waals surface area contributed by atoms with E-state index in [2.05, 4.69) is 28.1 Å². The summed E-state index contributed by atoms with van der Waals surface area (Å²) in [4.78, 5) is 10.7. The molecule has 2 rings (SSSR count). The van der Waals surface area contributed by atoms with Crippen LogP contribution < -0.4 is 5.73 Å². The van der Waals surface area contributed by atoms with Crippen LogP contribution in [0.2, 0.25) is 0 Å². The molecule has 0 aliphatic carbocycles. The molecule has 0 saturated carbocycles. The van der Waals surface area contributed by atoms with Gasteiger partial charge in [0.1, 0.15) is 11.5 Å². The van der Waals surface area contributed by atoms with Crippen molar-refractivity contribution in [3.05, 3.63) is 51.7 Å². The number of halogens is 1. The number of furan rings is 1. The van der Waals surface area contributed by atoms with E-state index >= 15 is 0 Å². The van der Waals surface area contributed by atoms with Gasteiger partial charge in [0.15, 0.2) is 0 Å². The molecule has 0 fully saturated rings. The summed E-state index contributed by atoms with van der Waals surface area (Å²) in [6.45, 7) is 4.06. The molecule has 0 aliphatic heterocycles. The highest BCUT2D eigenvalue weighted by atomic mass is 79.9. The van der Waals surface area contributed by atoms with E-state index < -0.39 is 5.91 Å². The summed E-state index contributed by atoms with van der Waals surface area (Å²) >= 11 is 3.51. The van der Waals surface area contributed by atoms with Gasteiger partial charge in [0.25, 0.3) is 0 Å². The van der Waals surface area contributed by atoms with Crippen molar-refractivity contribution < 1.29 is 9.21 Å². The Morgan fingerprint density at radius 3 is 2.68 bits per heavy atom. The Balaban J connectivity index is 2.38. The number of nitrogens with two attached hydrogens (primary N) is 1. The number of carbonyl (C=O) groups excluding carboxylic acids is 1. The Bertz CT molecular complexity index is 656. The Hall–Kier alpha value is -1.81. The maximum atomic E-state index is 10.7. The number of carbonyl (C=O) groups is 1. The van der Waals surface area contributed by atoms with E-state index in [0.29, 0.717) is 5.76 Å². The first-order valence-electron chi connectivity index (χ1n) is 5.82. The van der Waals surface area contributed by atoms with Gasteiger partial charge in [-0.2, -0.15) is 0 Å². The minimum absolute atomic E-state index is 0.492. The van der Waals surface area contributed by atoms with Crippen LogP contribution in [0.25, 0.3) is 17.4 Å². The molecule has 3 nitrogen and oxygen atoms in total. The first-order chi connectivity index (χ1) is 8.97. The number of primary amides is 1. The summed E-state index contributed by atoms with van der Waals surface area (Å²) in [5, 5.41) is 0. The second-order valence-electron chi connectivity index (χ2n) is 4.35. The lowest BCUT2D eigenvalue weighted by Crippen LogP contribution is -2.04. The summed E-state index contributed by atoms with van der Waals surface area (Å²) < 4.78 is 6.76. The van der Waals surface area contributed by atoms with Crippen LogP contribution in [-0.4, -0.2) is 5.91 Å². The van der Waals surface area contributed by atoms with Gasteiger partial charge in [0.2, 0.25) is 5.91 Å². The van der Waals surface area contributed by atoms with Crippen molar-refractivity contribution in [2.45, 2.75) is 13.8 Å². The SMILES string of the molecule is Cc1cc(-c2ccc(/C=C\C(N)=O)o2)c(C)cc1Br. The van der Waals surface area contributed by atoms with Gasteiger partial charge in [0.05, 0.1) is 0 Å². The average Bonchev–Trinajstić information content (AvgIpc) is 2.80. The Kier molecular flexibility index (Phi) is 3.90. The molecule has 0 bridgehead atoms. The quantitative estimate of drug-likeness (QED) is 0.874. The van der Waals surface area contributed by atoms with Crippen LogP contribution in [0, 0.1) is 13.8 Å². The molecule has 98 valence electrons. The Labute approximate surface area is 120 Å². The van der Waals surface area contributed by atoms with E-state index in [0.717, 1.165) is 26.9 Å². The van der Waals surface area contributed by atoms with Crippen molar-refractivity contribution in [1.29, 1.82) is 0 Å². The molecule has 0 spiro atoms. The average molecular weight is 320 g/mol. The number of benzene rings is 1. The van der Waals surface area contributed by atoms with Gasteiger partial charge in [-0.1, -0.05) is 15.9 Å². The molecule has 1 amide bonds. The lowest BCUT2D eigenvalue weighted by molar-refractivity contribution is -0.113. The summed E-state index contributed by atoms with van der Waals surface area (Å²) in [5.74, 6) is 0.889. The van der Waals surface area contributed by atoms with Crippen molar-refractivity contribution in [3.63, 3.8) is 0 Å². The van der Waals surface area contributed by atoms with Gasteiger partial charge in [-0.05, 0) is 55.3 Å². The maximum absolute atomic E-state index is 10.7. The monoisotopic (exact) mass is 319 g/mol. The number of rotatable bonds is 3. The van der Waals surface area contributed by atoms with E-state index in [1.54, 1.807) is 6.08 Å². The summed E-state index contributed by atoms with van der Waals surface area (Å²) in [7, 11) is 0. The minimum atomic E-state index is -0.492. The zero-order valence-electron chi connectivity index (χ0n) is 10.7. The van der Waals surface area contributed by atoms with Crippen LogP contribution in [0.3, 0.4) is 0 Å². The van der Waals surface area contributed by atoms with Crippen molar-refractivity contribution in [2.75, 3.05) is 0 Å². The fourth-order valence-electron chi connectivity index (χ4n) is 1.80. The van der Waals surface area contributed by atoms with Crippen LogP contribution >= 0.6 is 15.9 Å². The maximum Gasteiger partial charge on any atom is 0.241 e. The van der Waals surface area contributed by atoms with Gasteiger partial charge < -0.3 is 10.2 Å². The predicted octanol–water partition coefficient (Wildman–Crippen LogP) is 3.82. The molecular formula is C15H14BrNO2. The topological polar surface area (TPSA) is 56.2 Å². The zero-order chi connectivity index (χ0) is 14.0. The van der Waals surface area contributed by atoms with Crippen LogP contribution in [-0.2, 0) is 4.79 Å². The van der Waals surface area contributed by atoms with Crippen molar-refractivity contribution in [3.8, 4) is 11.3 Å². The molecule has 0 saturated heterocycles. The second kappa shape index (κ2) is 5.45. The van der Waals surface area contributed by atoms with Gasteiger partial charge in [-0.25, -0.2) is 0 Å². The van der Waals surface area contributed by atoms with Gasteiger partial charge in [-0.3, -0.25) is 4.79 Å². The van der Waals surface area contributed by atoms with Crippen LogP contribution in [0.5, 0.6) is 0 Å². The minimum Gasteiger partial charge on any atom is -0.457 e.